The average Bonchev–Trinajstić information content (AvgIpc) is 2.32. The molecule has 0 atom stereocenters. The van der Waals surface area contributed by atoms with Crippen molar-refractivity contribution in [1.29, 1.82) is 0 Å². The zero-order valence-corrected chi connectivity index (χ0v) is 10.9. The molecule has 1 aliphatic rings. The van der Waals surface area contributed by atoms with E-state index in [1.54, 1.807) is 0 Å². The van der Waals surface area contributed by atoms with Crippen LogP contribution in [0.5, 0.6) is 5.75 Å². The van der Waals surface area contributed by atoms with Gasteiger partial charge in [0.15, 0.2) is 0 Å². The summed E-state index contributed by atoms with van der Waals surface area (Å²) in [6.45, 7) is 2.00. The van der Waals surface area contributed by atoms with E-state index < -0.39 is 5.97 Å². The fourth-order valence-corrected chi connectivity index (χ4v) is 1.97. The Hall–Kier alpha value is -0.260. The number of nitrogens with one attached hydrogen (secondary N) is 1. The van der Waals surface area contributed by atoms with Gasteiger partial charge in [0, 0.05) is 0 Å². The zero-order valence-electron chi connectivity index (χ0n) is 10.1. The molecule has 0 aliphatic carbocycles. The Morgan fingerprint density at radius 3 is 2.37 bits per heavy atom. The molecule has 0 spiro atoms. The normalized spacial score (nSPS) is 14.9. The Bertz CT molecular complexity index is 380. The quantitative estimate of drug-likeness (QED) is 0.820. The first-order valence-electron chi connectivity index (χ1n) is 5.92. The van der Waals surface area contributed by atoms with E-state index in [-0.39, 0.29) is 54.5 Å². The molecule has 2 rings (SSSR count). The van der Waals surface area contributed by atoms with Gasteiger partial charge in [0.25, 0.3) is 0 Å². The Kier molecular flexibility index (Phi) is 9.48. The summed E-state index contributed by atoms with van der Waals surface area (Å²) < 4.78 is 5.83. The molecule has 0 saturated carbocycles. The van der Waals surface area contributed by atoms with Gasteiger partial charge in [-0.3, -0.25) is 4.79 Å². The Morgan fingerprint density at radius 1 is 1.26 bits per heavy atom. The minimum atomic E-state index is -0.808. The third-order valence-electron chi connectivity index (χ3n) is 2.87. The van der Waals surface area contributed by atoms with Crippen LogP contribution in [-0.2, 0) is 11.2 Å². The molecule has 6 heteroatoms. The van der Waals surface area contributed by atoms with Crippen LogP contribution >= 0.6 is 12.4 Å². The number of rotatable bonds is 4. The Morgan fingerprint density at radius 2 is 1.84 bits per heavy atom. The second-order valence-corrected chi connectivity index (χ2v) is 4.28. The van der Waals surface area contributed by atoms with E-state index in [4.69, 9.17) is 9.84 Å². The zero-order chi connectivity index (χ0) is 12.1. The topological polar surface area (TPSA) is 58.6 Å². The van der Waals surface area contributed by atoms with Crippen molar-refractivity contribution in [1.82, 2.24) is 5.32 Å². The second kappa shape index (κ2) is 9.61. The van der Waals surface area contributed by atoms with Crippen molar-refractivity contribution < 1.29 is 14.6 Å². The van der Waals surface area contributed by atoms with E-state index in [1.165, 1.54) is 0 Å². The number of carboxylic acid groups (broad SMARTS) is 1. The summed E-state index contributed by atoms with van der Waals surface area (Å²) in [4.78, 5) is 10.5. The van der Waals surface area contributed by atoms with Crippen molar-refractivity contribution in [3.63, 3.8) is 0 Å². The predicted molar refractivity (Wildman–Crippen MR) is 78.7 cm³/mol. The molecule has 0 bridgehead atoms. The molecular weight excluding hydrogens is 277 g/mol. The van der Waals surface area contributed by atoms with Crippen LogP contribution < -0.4 is 10.1 Å². The monoisotopic (exact) mass is 295 g/mol. The van der Waals surface area contributed by atoms with Crippen molar-refractivity contribution >= 4 is 47.9 Å². The van der Waals surface area contributed by atoms with Gasteiger partial charge in [-0.15, -0.1) is 12.4 Å². The molecule has 102 valence electrons. The predicted octanol–water partition coefficient (Wildman–Crippen LogP) is 1.22. The molecule has 1 aliphatic heterocycles. The second-order valence-electron chi connectivity index (χ2n) is 4.28. The number of piperidine rings is 1. The van der Waals surface area contributed by atoms with E-state index in [1.807, 2.05) is 24.3 Å². The van der Waals surface area contributed by atoms with Crippen molar-refractivity contribution in [2.75, 3.05) is 13.1 Å². The van der Waals surface area contributed by atoms with Gasteiger partial charge in [-0.2, -0.15) is 0 Å². The molecule has 1 saturated heterocycles. The van der Waals surface area contributed by atoms with Crippen LogP contribution in [0, 0.1) is 0 Å². The van der Waals surface area contributed by atoms with E-state index in [9.17, 15) is 4.79 Å². The van der Waals surface area contributed by atoms with Gasteiger partial charge in [0.2, 0.25) is 0 Å². The number of halogens is 1. The maximum atomic E-state index is 10.5. The summed E-state index contributed by atoms with van der Waals surface area (Å²) in [5.74, 6) is 0.0167. The van der Waals surface area contributed by atoms with E-state index in [0.717, 1.165) is 37.2 Å². The number of benzene rings is 1. The molecule has 0 amide bonds. The molecule has 0 aromatic heterocycles. The van der Waals surface area contributed by atoms with E-state index in [2.05, 4.69) is 5.32 Å². The summed E-state index contributed by atoms with van der Waals surface area (Å²) in [7, 11) is 0. The summed E-state index contributed by atoms with van der Waals surface area (Å²) in [5, 5.41) is 11.9. The molecule has 1 heterocycles. The average molecular weight is 296 g/mol. The Balaban J connectivity index is 0.00000162. The summed E-state index contributed by atoms with van der Waals surface area (Å²) in [6, 6.07) is 7.32. The molecular formula is C13H19ClNNaO3. The van der Waals surface area contributed by atoms with Gasteiger partial charge in [-0.1, -0.05) is 12.1 Å². The minimum absolute atomic E-state index is 0. The van der Waals surface area contributed by atoms with E-state index in [0.29, 0.717) is 0 Å². The standard InChI is InChI=1S/C13H17NO3.ClH.Na.H/c15-13(16)9-10-1-3-11(4-2-10)17-12-5-7-14-8-6-12;;;/h1-4,12,14H,5-9H2,(H,15,16);1H;;. The number of ether oxygens (including phenoxy) is 1. The Labute approximate surface area is 141 Å². The molecule has 1 fully saturated rings. The van der Waals surface area contributed by atoms with Gasteiger partial charge < -0.3 is 15.2 Å². The van der Waals surface area contributed by atoms with Crippen molar-refractivity contribution in [2.45, 2.75) is 25.4 Å². The fraction of sp³-hybridized carbons (Fsp3) is 0.462. The molecule has 0 unspecified atom stereocenters. The van der Waals surface area contributed by atoms with Gasteiger partial charge in [0.1, 0.15) is 11.9 Å². The SMILES string of the molecule is Cl.O=C(O)Cc1ccc(OC2CCNCC2)cc1.[NaH]. The van der Waals surface area contributed by atoms with E-state index >= 15 is 0 Å². The first kappa shape index (κ1) is 18.7. The van der Waals surface area contributed by atoms with Crippen LogP contribution in [-0.4, -0.2) is 59.8 Å². The van der Waals surface area contributed by atoms with Gasteiger partial charge in [0.05, 0.1) is 6.42 Å². The van der Waals surface area contributed by atoms with Crippen LogP contribution in [0.1, 0.15) is 18.4 Å². The number of carbonyl (C=O) groups is 1. The van der Waals surface area contributed by atoms with Crippen LogP contribution in [0.2, 0.25) is 0 Å². The third kappa shape index (κ3) is 6.63. The molecule has 1 aromatic carbocycles. The van der Waals surface area contributed by atoms with Crippen LogP contribution in [0.25, 0.3) is 0 Å². The number of carboxylic acids is 1. The fourth-order valence-electron chi connectivity index (χ4n) is 1.97. The van der Waals surface area contributed by atoms with Crippen LogP contribution in [0.3, 0.4) is 0 Å². The molecule has 0 radical (unpaired) electrons. The van der Waals surface area contributed by atoms with Crippen molar-refractivity contribution in [3.05, 3.63) is 29.8 Å². The number of hydrogen-bond acceptors (Lipinski definition) is 3. The first-order chi connectivity index (χ1) is 8.24. The van der Waals surface area contributed by atoms with Gasteiger partial charge >= 0.3 is 35.5 Å². The van der Waals surface area contributed by atoms with Crippen LogP contribution in [0.4, 0.5) is 0 Å². The van der Waals surface area contributed by atoms with Gasteiger partial charge in [-0.25, -0.2) is 0 Å². The van der Waals surface area contributed by atoms with Crippen molar-refractivity contribution in [2.24, 2.45) is 0 Å². The summed E-state index contributed by atoms with van der Waals surface area (Å²) in [5.41, 5.74) is 0.801. The summed E-state index contributed by atoms with van der Waals surface area (Å²) >= 11 is 0. The summed E-state index contributed by atoms with van der Waals surface area (Å²) in [6.07, 6.45) is 2.39. The number of aliphatic carboxylic acids is 1. The molecule has 1 aromatic rings. The molecule has 19 heavy (non-hydrogen) atoms. The maximum absolute atomic E-state index is 10.5. The first-order valence-corrected chi connectivity index (χ1v) is 5.92. The number of hydrogen-bond donors (Lipinski definition) is 2. The van der Waals surface area contributed by atoms with Crippen molar-refractivity contribution in [3.8, 4) is 5.75 Å². The van der Waals surface area contributed by atoms with Crippen LogP contribution in [0.15, 0.2) is 24.3 Å². The molecule has 2 N–H and O–H groups in total. The third-order valence-corrected chi connectivity index (χ3v) is 2.87. The molecule has 4 nitrogen and oxygen atoms in total. The van der Waals surface area contributed by atoms with Gasteiger partial charge in [-0.05, 0) is 43.6 Å².